The number of nitrogens with two attached hydrogens (primary N) is 1. The van der Waals surface area contributed by atoms with Gasteiger partial charge >= 0.3 is 6.09 Å². The highest BCUT2D eigenvalue weighted by Gasteiger charge is 2.19. The number of rotatable bonds is 4. The van der Waals surface area contributed by atoms with Crippen LogP contribution in [0, 0.1) is 0 Å². The van der Waals surface area contributed by atoms with Gasteiger partial charge in [0.2, 0.25) is 0 Å². The molecule has 0 aliphatic carbocycles. The van der Waals surface area contributed by atoms with Gasteiger partial charge in [-0.3, -0.25) is 10.1 Å². The molecule has 0 bridgehead atoms. The predicted octanol–water partition coefficient (Wildman–Crippen LogP) is 2.57. The van der Waals surface area contributed by atoms with Gasteiger partial charge in [-0.05, 0) is 42.8 Å². The molecule has 2 amide bonds. The van der Waals surface area contributed by atoms with E-state index < -0.39 is 6.09 Å². The van der Waals surface area contributed by atoms with Crippen molar-refractivity contribution >= 4 is 29.1 Å². The van der Waals surface area contributed by atoms with E-state index in [1.807, 2.05) is 12.1 Å². The summed E-state index contributed by atoms with van der Waals surface area (Å²) in [5.74, 6) is -0.302. The molecular weight excluding hydrogens is 320 g/mol. The molecule has 1 aliphatic rings. The van der Waals surface area contributed by atoms with E-state index in [2.05, 4.69) is 15.5 Å². The standard InChI is InChI=1S/C18H20N4O3/c19-13-9-10-22(11-13)14-7-5-12(6-8-14)17(23)20-15-3-1-2-4-16(15)21-18(24)25/h1-8,13,21H,9-11,19H2,(H,20,23)(H,24,25). The third-order valence-corrected chi connectivity index (χ3v) is 4.14. The maximum atomic E-state index is 12.4. The number of carbonyl (C=O) groups excluding carboxylic acids is 1. The number of carbonyl (C=O) groups is 2. The summed E-state index contributed by atoms with van der Waals surface area (Å²) < 4.78 is 0. The van der Waals surface area contributed by atoms with E-state index in [1.54, 1.807) is 36.4 Å². The summed E-state index contributed by atoms with van der Waals surface area (Å²) in [6.45, 7) is 1.74. The summed E-state index contributed by atoms with van der Waals surface area (Å²) >= 11 is 0. The first kappa shape index (κ1) is 16.8. The summed E-state index contributed by atoms with van der Waals surface area (Å²) in [4.78, 5) is 25.4. The molecule has 0 radical (unpaired) electrons. The fourth-order valence-electron chi connectivity index (χ4n) is 2.86. The molecule has 7 heteroatoms. The Morgan fingerprint density at radius 3 is 2.24 bits per heavy atom. The highest BCUT2D eigenvalue weighted by Crippen LogP contribution is 2.23. The van der Waals surface area contributed by atoms with Crippen LogP contribution in [0.3, 0.4) is 0 Å². The lowest BCUT2D eigenvalue weighted by Crippen LogP contribution is -2.26. The SMILES string of the molecule is NC1CCN(c2ccc(C(=O)Nc3ccccc3NC(=O)O)cc2)C1. The molecule has 1 aliphatic heterocycles. The minimum atomic E-state index is -1.19. The number of anilines is 3. The molecule has 1 heterocycles. The van der Waals surface area contributed by atoms with Gasteiger partial charge in [0.15, 0.2) is 0 Å². The first-order chi connectivity index (χ1) is 12.0. The first-order valence-corrected chi connectivity index (χ1v) is 8.04. The Balaban J connectivity index is 1.70. The molecule has 7 nitrogen and oxygen atoms in total. The van der Waals surface area contributed by atoms with Crippen LogP contribution in [0.2, 0.25) is 0 Å². The zero-order valence-corrected chi connectivity index (χ0v) is 13.6. The monoisotopic (exact) mass is 340 g/mol. The topological polar surface area (TPSA) is 108 Å². The Labute approximate surface area is 145 Å². The number of nitrogens with zero attached hydrogens (tertiary/aromatic N) is 1. The van der Waals surface area contributed by atoms with Crippen LogP contribution in [0.5, 0.6) is 0 Å². The van der Waals surface area contributed by atoms with Gasteiger partial charge in [-0.25, -0.2) is 4.79 Å². The number of para-hydroxylation sites is 2. The van der Waals surface area contributed by atoms with Gasteiger partial charge in [0, 0.05) is 30.4 Å². The van der Waals surface area contributed by atoms with Crippen LogP contribution < -0.4 is 21.3 Å². The van der Waals surface area contributed by atoms with E-state index in [4.69, 9.17) is 10.8 Å². The Morgan fingerprint density at radius 1 is 1.04 bits per heavy atom. The lowest BCUT2D eigenvalue weighted by Gasteiger charge is -2.18. The highest BCUT2D eigenvalue weighted by molar-refractivity contribution is 6.06. The fraction of sp³-hybridized carbons (Fsp3) is 0.222. The predicted molar refractivity (Wildman–Crippen MR) is 97.3 cm³/mol. The van der Waals surface area contributed by atoms with Crippen molar-refractivity contribution in [2.75, 3.05) is 28.6 Å². The van der Waals surface area contributed by atoms with E-state index in [0.29, 0.717) is 16.9 Å². The molecule has 5 N–H and O–H groups in total. The van der Waals surface area contributed by atoms with Crippen LogP contribution >= 0.6 is 0 Å². The van der Waals surface area contributed by atoms with Crippen molar-refractivity contribution in [3.05, 3.63) is 54.1 Å². The van der Waals surface area contributed by atoms with Crippen molar-refractivity contribution in [3.63, 3.8) is 0 Å². The Kier molecular flexibility index (Phi) is 4.85. The Bertz CT molecular complexity index is 776. The maximum absolute atomic E-state index is 12.4. The summed E-state index contributed by atoms with van der Waals surface area (Å²) in [6, 6.07) is 14.1. The molecule has 1 saturated heterocycles. The van der Waals surface area contributed by atoms with Gasteiger partial charge < -0.3 is 21.1 Å². The molecule has 1 atom stereocenters. The quantitative estimate of drug-likeness (QED) is 0.684. The van der Waals surface area contributed by atoms with Crippen molar-refractivity contribution in [1.29, 1.82) is 0 Å². The molecule has 0 aromatic heterocycles. The van der Waals surface area contributed by atoms with E-state index in [1.165, 1.54) is 0 Å². The Hall–Kier alpha value is -3.06. The van der Waals surface area contributed by atoms with Crippen molar-refractivity contribution in [2.45, 2.75) is 12.5 Å². The second-order valence-electron chi connectivity index (χ2n) is 5.97. The van der Waals surface area contributed by atoms with Gasteiger partial charge in [0.25, 0.3) is 5.91 Å². The summed E-state index contributed by atoms with van der Waals surface area (Å²) in [5, 5.41) is 13.9. The fourth-order valence-corrected chi connectivity index (χ4v) is 2.86. The summed E-state index contributed by atoms with van der Waals surface area (Å²) in [5.41, 5.74) is 8.19. The van der Waals surface area contributed by atoms with Gasteiger partial charge in [-0.2, -0.15) is 0 Å². The molecule has 25 heavy (non-hydrogen) atoms. The average molecular weight is 340 g/mol. The third-order valence-electron chi connectivity index (χ3n) is 4.14. The minimum absolute atomic E-state index is 0.196. The van der Waals surface area contributed by atoms with E-state index in [-0.39, 0.29) is 11.9 Å². The second-order valence-corrected chi connectivity index (χ2v) is 5.97. The zero-order valence-electron chi connectivity index (χ0n) is 13.6. The molecule has 1 unspecified atom stereocenters. The smallest absolute Gasteiger partial charge is 0.409 e. The van der Waals surface area contributed by atoms with Gasteiger partial charge in [0.05, 0.1) is 11.4 Å². The van der Waals surface area contributed by atoms with Gasteiger partial charge in [0.1, 0.15) is 0 Å². The van der Waals surface area contributed by atoms with Crippen LogP contribution in [-0.2, 0) is 0 Å². The lowest BCUT2D eigenvalue weighted by molar-refractivity contribution is 0.102. The average Bonchev–Trinajstić information content (AvgIpc) is 3.03. The largest absolute Gasteiger partial charge is 0.465 e. The van der Waals surface area contributed by atoms with Crippen molar-refractivity contribution in [2.24, 2.45) is 5.73 Å². The number of hydrogen-bond donors (Lipinski definition) is 4. The second kappa shape index (κ2) is 7.23. The molecular formula is C18H20N4O3. The molecule has 0 saturated carbocycles. The number of carboxylic acid groups (broad SMARTS) is 1. The number of benzene rings is 2. The van der Waals surface area contributed by atoms with Gasteiger partial charge in [-0.1, -0.05) is 12.1 Å². The van der Waals surface area contributed by atoms with E-state index in [0.717, 1.165) is 25.2 Å². The number of amides is 2. The molecule has 1 fully saturated rings. The lowest BCUT2D eigenvalue weighted by atomic mass is 10.1. The molecule has 0 spiro atoms. The van der Waals surface area contributed by atoms with E-state index >= 15 is 0 Å². The molecule has 2 aromatic rings. The molecule has 2 aromatic carbocycles. The van der Waals surface area contributed by atoms with Crippen molar-refractivity contribution in [3.8, 4) is 0 Å². The normalized spacial score (nSPS) is 16.5. The Morgan fingerprint density at radius 2 is 1.68 bits per heavy atom. The number of nitrogens with one attached hydrogen (secondary N) is 2. The van der Waals surface area contributed by atoms with Crippen molar-refractivity contribution < 1.29 is 14.7 Å². The van der Waals surface area contributed by atoms with Gasteiger partial charge in [-0.15, -0.1) is 0 Å². The summed E-state index contributed by atoms with van der Waals surface area (Å²) in [6.07, 6.45) is -0.217. The van der Waals surface area contributed by atoms with Crippen LogP contribution in [0.15, 0.2) is 48.5 Å². The number of hydrogen-bond acceptors (Lipinski definition) is 4. The zero-order chi connectivity index (χ0) is 17.8. The molecule has 130 valence electrons. The van der Waals surface area contributed by atoms with Crippen LogP contribution in [0.1, 0.15) is 16.8 Å². The third kappa shape index (κ3) is 4.07. The van der Waals surface area contributed by atoms with Crippen molar-refractivity contribution in [1.82, 2.24) is 0 Å². The van der Waals surface area contributed by atoms with E-state index in [9.17, 15) is 9.59 Å². The first-order valence-electron chi connectivity index (χ1n) is 8.04. The van der Waals surface area contributed by atoms with Crippen LogP contribution in [0.4, 0.5) is 21.9 Å². The maximum Gasteiger partial charge on any atom is 0.409 e. The van der Waals surface area contributed by atoms with Crippen LogP contribution in [0.25, 0.3) is 0 Å². The highest BCUT2D eigenvalue weighted by atomic mass is 16.4. The summed E-state index contributed by atoms with van der Waals surface area (Å²) in [7, 11) is 0. The minimum Gasteiger partial charge on any atom is -0.465 e. The van der Waals surface area contributed by atoms with Crippen LogP contribution in [-0.4, -0.2) is 36.2 Å². The molecule has 3 rings (SSSR count).